The van der Waals surface area contributed by atoms with E-state index in [1.54, 1.807) is 0 Å². The fourth-order valence-corrected chi connectivity index (χ4v) is 2.40. The van der Waals surface area contributed by atoms with E-state index in [2.05, 4.69) is 19.2 Å². The van der Waals surface area contributed by atoms with Gasteiger partial charge in [0, 0.05) is 12.3 Å². The van der Waals surface area contributed by atoms with E-state index in [9.17, 15) is 8.42 Å². The minimum atomic E-state index is -3.02. The van der Waals surface area contributed by atoms with Crippen LogP contribution in [0, 0.1) is 0 Å². The lowest BCUT2D eigenvalue weighted by Crippen LogP contribution is -2.51. The van der Waals surface area contributed by atoms with Crippen molar-refractivity contribution >= 4 is 9.84 Å². The fourth-order valence-electron chi connectivity index (χ4n) is 1.68. The highest BCUT2D eigenvalue weighted by Crippen LogP contribution is 2.23. The Labute approximate surface area is 101 Å². The van der Waals surface area contributed by atoms with Crippen molar-refractivity contribution in [2.45, 2.75) is 64.2 Å². The summed E-state index contributed by atoms with van der Waals surface area (Å²) >= 11 is 0. The maximum absolute atomic E-state index is 11.8. The van der Waals surface area contributed by atoms with Gasteiger partial charge in [-0.15, -0.1) is 0 Å². The molecule has 0 aliphatic rings. The van der Waals surface area contributed by atoms with Crippen LogP contribution in [0.25, 0.3) is 0 Å². The van der Waals surface area contributed by atoms with E-state index >= 15 is 0 Å². The van der Waals surface area contributed by atoms with Gasteiger partial charge in [0.25, 0.3) is 0 Å². The Morgan fingerprint density at radius 3 is 2.12 bits per heavy atom. The lowest BCUT2D eigenvalue weighted by molar-refractivity contribution is 0.379. The first-order valence-electron chi connectivity index (χ1n) is 6.20. The summed E-state index contributed by atoms with van der Waals surface area (Å²) in [5.74, 6) is 0. The number of hydrogen-bond donors (Lipinski definition) is 1. The predicted molar refractivity (Wildman–Crippen MR) is 70.5 cm³/mol. The fraction of sp³-hybridized carbons (Fsp3) is 1.00. The Morgan fingerprint density at radius 2 is 1.75 bits per heavy atom. The van der Waals surface area contributed by atoms with Crippen LogP contribution in [-0.2, 0) is 9.84 Å². The van der Waals surface area contributed by atoms with E-state index in [4.69, 9.17) is 0 Å². The van der Waals surface area contributed by atoms with Gasteiger partial charge in [-0.1, -0.05) is 26.7 Å². The first kappa shape index (κ1) is 15.9. The number of rotatable bonds is 8. The molecule has 0 aliphatic heterocycles. The highest BCUT2D eigenvalue weighted by atomic mass is 32.2. The van der Waals surface area contributed by atoms with Crippen LogP contribution in [-0.4, -0.2) is 32.0 Å². The Balaban J connectivity index is 4.72. The van der Waals surface area contributed by atoms with Gasteiger partial charge in [0.2, 0.25) is 0 Å². The summed E-state index contributed by atoms with van der Waals surface area (Å²) in [6, 6.07) is 0.0578. The highest BCUT2D eigenvalue weighted by Gasteiger charge is 2.37. The molecule has 3 nitrogen and oxygen atoms in total. The van der Waals surface area contributed by atoms with Crippen LogP contribution in [0.4, 0.5) is 0 Å². The van der Waals surface area contributed by atoms with Crippen molar-refractivity contribution in [2.75, 3.05) is 12.8 Å². The molecule has 98 valence electrons. The molecule has 1 N–H and O–H groups in total. The zero-order valence-electron chi connectivity index (χ0n) is 11.3. The summed E-state index contributed by atoms with van der Waals surface area (Å²) in [7, 11) is -3.02. The van der Waals surface area contributed by atoms with E-state index in [0.717, 1.165) is 32.2 Å². The molecule has 0 heterocycles. The van der Waals surface area contributed by atoms with Crippen LogP contribution in [0.1, 0.15) is 53.4 Å². The van der Waals surface area contributed by atoms with E-state index < -0.39 is 14.6 Å². The quantitative estimate of drug-likeness (QED) is 0.718. The molecule has 1 atom stereocenters. The molecule has 0 fully saturated rings. The lowest BCUT2D eigenvalue weighted by atomic mass is 9.97. The number of sulfone groups is 1. The summed E-state index contributed by atoms with van der Waals surface area (Å²) < 4.78 is 22.9. The smallest absolute Gasteiger partial charge is 0.154 e. The van der Waals surface area contributed by atoms with Gasteiger partial charge in [0.1, 0.15) is 0 Å². The highest BCUT2D eigenvalue weighted by molar-refractivity contribution is 7.92. The lowest BCUT2D eigenvalue weighted by Gasteiger charge is -2.33. The minimum absolute atomic E-state index is 0.0578. The molecule has 1 unspecified atom stereocenters. The first-order chi connectivity index (χ1) is 7.27. The molecule has 0 saturated heterocycles. The molecule has 0 rings (SSSR count). The number of unbranched alkanes of at least 4 members (excludes halogenated alkanes) is 1. The van der Waals surface area contributed by atoms with Gasteiger partial charge < -0.3 is 5.32 Å². The number of hydrogen-bond acceptors (Lipinski definition) is 3. The zero-order chi connectivity index (χ0) is 12.8. The predicted octanol–water partition coefficient (Wildman–Crippen LogP) is 2.37. The third-order valence-corrected chi connectivity index (χ3v) is 5.48. The first-order valence-corrected chi connectivity index (χ1v) is 8.09. The Kier molecular flexibility index (Phi) is 6.56. The summed E-state index contributed by atoms with van der Waals surface area (Å²) in [6.07, 6.45) is 5.46. The normalized spacial score (nSPS) is 15.1. The molecule has 0 aromatic carbocycles. The van der Waals surface area contributed by atoms with Crippen LogP contribution >= 0.6 is 0 Å². The third kappa shape index (κ3) is 4.42. The van der Waals surface area contributed by atoms with Crippen molar-refractivity contribution in [3.8, 4) is 0 Å². The topological polar surface area (TPSA) is 46.2 Å². The van der Waals surface area contributed by atoms with Crippen LogP contribution in [0.2, 0.25) is 0 Å². The van der Waals surface area contributed by atoms with Gasteiger partial charge in [0.05, 0.1) is 4.75 Å². The second kappa shape index (κ2) is 6.60. The molecule has 0 radical (unpaired) electrons. The van der Waals surface area contributed by atoms with Crippen LogP contribution < -0.4 is 5.32 Å². The van der Waals surface area contributed by atoms with Gasteiger partial charge in [0.15, 0.2) is 9.84 Å². The molecular weight excluding hydrogens is 222 g/mol. The second-order valence-electron chi connectivity index (χ2n) is 5.02. The molecule has 16 heavy (non-hydrogen) atoms. The third-order valence-electron chi connectivity index (χ3n) is 3.28. The van der Waals surface area contributed by atoms with E-state index in [-0.39, 0.29) is 6.04 Å². The maximum atomic E-state index is 11.8. The summed E-state index contributed by atoms with van der Waals surface area (Å²) in [5, 5.41) is 3.37. The number of nitrogens with one attached hydrogen (secondary N) is 1. The monoisotopic (exact) mass is 249 g/mol. The van der Waals surface area contributed by atoms with Crippen molar-refractivity contribution in [2.24, 2.45) is 0 Å². The van der Waals surface area contributed by atoms with Gasteiger partial charge in [-0.2, -0.15) is 0 Å². The van der Waals surface area contributed by atoms with Crippen molar-refractivity contribution in [3.63, 3.8) is 0 Å². The van der Waals surface area contributed by atoms with Crippen molar-refractivity contribution in [1.29, 1.82) is 0 Å². The summed E-state index contributed by atoms with van der Waals surface area (Å²) in [4.78, 5) is 0. The second-order valence-corrected chi connectivity index (χ2v) is 7.62. The molecule has 0 aliphatic carbocycles. The van der Waals surface area contributed by atoms with Crippen LogP contribution in [0.15, 0.2) is 0 Å². The largest absolute Gasteiger partial charge is 0.312 e. The van der Waals surface area contributed by atoms with E-state index in [0.29, 0.717) is 0 Å². The minimum Gasteiger partial charge on any atom is -0.312 e. The van der Waals surface area contributed by atoms with Crippen molar-refractivity contribution < 1.29 is 8.42 Å². The molecule has 0 aromatic rings. The van der Waals surface area contributed by atoms with E-state index in [1.807, 2.05) is 13.8 Å². The Bertz CT molecular complexity index is 275. The van der Waals surface area contributed by atoms with Gasteiger partial charge in [-0.3, -0.25) is 0 Å². The molecule has 0 spiro atoms. The maximum Gasteiger partial charge on any atom is 0.154 e. The summed E-state index contributed by atoms with van der Waals surface area (Å²) in [6.45, 7) is 8.76. The molecule has 0 saturated carbocycles. The molecule has 0 aromatic heterocycles. The standard InChI is InChI=1S/C12H27NO2S/c1-6-8-9-11(13-10-7-2)12(3,4)16(5,14)15/h11,13H,6-10H2,1-5H3. The average Bonchev–Trinajstić information content (AvgIpc) is 2.16. The van der Waals surface area contributed by atoms with Gasteiger partial charge >= 0.3 is 0 Å². The van der Waals surface area contributed by atoms with Crippen LogP contribution in [0.5, 0.6) is 0 Å². The molecular formula is C12H27NO2S. The SMILES string of the molecule is CCCCC(NCCC)C(C)(C)S(C)(=O)=O. The average molecular weight is 249 g/mol. The molecule has 0 bridgehead atoms. The van der Waals surface area contributed by atoms with E-state index in [1.165, 1.54) is 6.26 Å². The Morgan fingerprint density at radius 1 is 1.19 bits per heavy atom. The van der Waals surface area contributed by atoms with Crippen molar-refractivity contribution in [3.05, 3.63) is 0 Å². The molecule has 4 heteroatoms. The van der Waals surface area contributed by atoms with Gasteiger partial charge in [-0.25, -0.2) is 8.42 Å². The van der Waals surface area contributed by atoms with Gasteiger partial charge in [-0.05, 0) is 33.2 Å². The summed E-state index contributed by atoms with van der Waals surface area (Å²) in [5.41, 5.74) is 0. The molecule has 0 amide bonds. The Hall–Kier alpha value is -0.0900. The van der Waals surface area contributed by atoms with Crippen molar-refractivity contribution in [1.82, 2.24) is 5.32 Å². The van der Waals surface area contributed by atoms with Crippen LogP contribution in [0.3, 0.4) is 0 Å². The zero-order valence-corrected chi connectivity index (χ0v) is 12.2.